The third-order valence-electron chi connectivity index (χ3n) is 5.08. The lowest BCUT2D eigenvalue weighted by atomic mass is 9.97. The normalized spacial score (nSPS) is 15.9. The van der Waals surface area contributed by atoms with Gasteiger partial charge in [-0.15, -0.1) is 0 Å². The maximum Gasteiger partial charge on any atom is 0.240 e. The number of nitrogens with zero attached hydrogens (tertiary/aromatic N) is 1. The highest BCUT2D eigenvalue weighted by molar-refractivity contribution is 7.89. The lowest BCUT2D eigenvalue weighted by molar-refractivity contribution is -0.114. The van der Waals surface area contributed by atoms with Crippen LogP contribution in [-0.2, 0) is 21.4 Å². The molecule has 2 aromatic carbocycles. The van der Waals surface area contributed by atoms with Crippen LogP contribution >= 0.6 is 0 Å². The number of halogens is 1. The molecule has 0 aromatic heterocycles. The molecular weight excluding hydrogens is 393 g/mol. The van der Waals surface area contributed by atoms with Gasteiger partial charge in [-0.2, -0.15) is 0 Å². The maximum atomic E-state index is 14.0. The summed E-state index contributed by atoms with van der Waals surface area (Å²) in [5, 5.41) is 2.32. The second-order valence-electron chi connectivity index (χ2n) is 7.38. The molecule has 2 N–H and O–H groups in total. The minimum absolute atomic E-state index is 0.0396. The highest BCUT2D eigenvalue weighted by Crippen LogP contribution is 2.21. The Hall–Kier alpha value is -2.29. The molecule has 1 fully saturated rings. The number of carbonyl (C=O) groups excluding carboxylic acids is 1. The number of piperidine rings is 1. The SMILES string of the molecule is CC(=O)Nc1ccc(S(=O)(=O)NCC2CCN(Cc3ccccc3)CC2)cc1F. The highest BCUT2D eigenvalue weighted by Gasteiger charge is 2.22. The minimum atomic E-state index is -3.81. The summed E-state index contributed by atoms with van der Waals surface area (Å²) in [5.74, 6) is -0.950. The van der Waals surface area contributed by atoms with E-state index in [-0.39, 0.29) is 16.5 Å². The van der Waals surface area contributed by atoms with E-state index in [0.717, 1.165) is 38.5 Å². The third-order valence-corrected chi connectivity index (χ3v) is 6.50. The van der Waals surface area contributed by atoms with Crippen LogP contribution in [-0.4, -0.2) is 38.9 Å². The zero-order valence-electron chi connectivity index (χ0n) is 16.4. The van der Waals surface area contributed by atoms with Crippen molar-refractivity contribution in [2.24, 2.45) is 5.92 Å². The summed E-state index contributed by atoms with van der Waals surface area (Å²) in [5.41, 5.74) is 1.23. The highest BCUT2D eigenvalue weighted by atomic mass is 32.2. The van der Waals surface area contributed by atoms with Crippen molar-refractivity contribution in [3.05, 3.63) is 59.9 Å². The topological polar surface area (TPSA) is 78.5 Å². The average Bonchev–Trinajstić information content (AvgIpc) is 2.69. The van der Waals surface area contributed by atoms with E-state index in [1.54, 1.807) is 0 Å². The van der Waals surface area contributed by atoms with Gasteiger partial charge in [0.1, 0.15) is 5.82 Å². The first-order valence-electron chi connectivity index (χ1n) is 9.66. The molecule has 1 amide bonds. The van der Waals surface area contributed by atoms with Crippen molar-refractivity contribution < 1.29 is 17.6 Å². The Morgan fingerprint density at radius 2 is 1.83 bits per heavy atom. The fourth-order valence-corrected chi connectivity index (χ4v) is 4.58. The van der Waals surface area contributed by atoms with E-state index in [0.29, 0.717) is 6.54 Å². The molecule has 1 aliphatic rings. The first-order chi connectivity index (χ1) is 13.8. The Balaban J connectivity index is 1.51. The van der Waals surface area contributed by atoms with E-state index in [1.165, 1.54) is 24.6 Å². The quantitative estimate of drug-likeness (QED) is 0.723. The van der Waals surface area contributed by atoms with E-state index in [2.05, 4.69) is 27.1 Å². The first-order valence-corrected chi connectivity index (χ1v) is 11.1. The van der Waals surface area contributed by atoms with Crippen LogP contribution in [0.2, 0.25) is 0 Å². The van der Waals surface area contributed by atoms with Crippen molar-refractivity contribution in [2.75, 3.05) is 25.0 Å². The van der Waals surface area contributed by atoms with Crippen LogP contribution in [0, 0.1) is 11.7 Å². The van der Waals surface area contributed by atoms with Crippen molar-refractivity contribution in [1.29, 1.82) is 0 Å². The molecule has 6 nitrogen and oxygen atoms in total. The van der Waals surface area contributed by atoms with Crippen molar-refractivity contribution in [1.82, 2.24) is 9.62 Å². The van der Waals surface area contributed by atoms with Gasteiger partial charge in [0.2, 0.25) is 15.9 Å². The zero-order valence-corrected chi connectivity index (χ0v) is 17.2. The monoisotopic (exact) mass is 419 g/mol. The molecule has 0 bridgehead atoms. The summed E-state index contributed by atoms with van der Waals surface area (Å²) in [7, 11) is -3.81. The third kappa shape index (κ3) is 6.09. The number of sulfonamides is 1. The van der Waals surface area contributed by atoms with Crippen LogP contribution in [0.5, 0.6) is 0 Å². The van der Waals surface area contributed by atoms with Gasteiger partial charge in [0.25, 0.3) is 0 Å². The molecule has 0 aliphatic carbocycles. The lowest BCUT2D eigenvalue weighted by Crippen LogP contribution is -2.38. The van der Waals surface area contributed by atoms with E-state index in [9.17, 15) is 17.6 Å². The number of rotatable bonds is 7. The average molecular weight is 420 g/mol. The van der Waals surface area contributed by atoms with Gasteiger partial charge in [0.15, 0.2) is 0 Å². The summed E-state index contributed by atoms with van der Waals surface area (Å²) in [6.45, 7) is 4.33. The molecule has 1 heterocycles. The second-order valence-corrected chi connectivity index (χ2v) is 9.15. The Bertz CT molecular complexity index is 943. The number of anilines is 1. The fraction of sp³-hybridized carbons (Fsp3) is 0.381. The van der Waals surface area contributed by atoms with Gasteiger partial charge in [-0.05, 0) is 55.6 Å². The van der Waals surface area contributed by atoms with Gasteiger partial charge >= 0.3 is 0 Å². The van der Waals surface area contributed by atoms with Crippen molar-refractivity contribution in [3.63, 3.8) is 0 Å². The molecule has 1 saturated heterocycles. The lowest BCUT2D eigenvalue weighted by Gasteiger charge is -2.32. The molecule has 29 heavy (non-hydrogen) atoms. The molecule has 0 saturated carbocycles. The van der Waals surface area contributed by atoms with Crippen LogP contribution in [0.3, 0.4) is 0 Å². The minimum Gasteiger partial charge on any atom is -0.324 e. The van der Waals surface area contributed by atoms with E-state index >= 15 is 0 Å². The molecule has 0 unspecified atom stereocenters. The molecule has 0 radical (unpaired) electrons. The maximum absolute atomic E-state index is 14.0. The van der Waals surface area contributed by atoms with E-state index < -0.39 is 21.7 Å². The largest absolute Gasteiger partial charge is 0.324 e. The predicted molar refractivity (Wildman–Crippen MR) is 110 cm³/mol. The summed E-state index contributed by atoms with van der Waals surface area (Å²) in [6.07, 6.45) is 1.82. The van der Waals surface area contributed by atoms with Gasteiger partial charge in [-0.25, -0.2) is 17.5 Å². The van der Waals surface area contributed by atoms with Crippen LogP contribution in [0.15, 0.2) is 53.4 Å². The van der Waals surface area contributed by atoms with Crippen molar-refractivity contribution >= 4 is 21.6 Å². The Morgan fingerprint density at radius 3 is 2.45 bits per heavy atom. The number of carbonyl (C=O) groups is 1. The van der Waals surface area contributed by atoms with E-state index in [1.807, 2.05) is 18.2 Å². The molecule has 0 atom stereocenters. The molecule has 0 spiro atoms. The predicted octanol–water partition coefficient (Wildman–Crippen LogP) is 2.97. The fourth-order valence-electron chi connectivity index (χ4n) is 3.46. The van der Waals surface area contributed by atoms with Gasteiger partial charge in [0.05, 0.1) is 10.6 Å². The summed E-state index contributed by atoms with van der Waals surface area (Å²) in [6, 6.07) is 13.8. The van der Waals surface area contributed by atoms with Gasteiger partial charge in [-0.1, -0.05) is 30.3 Å². The summed E-state index contributed by atoms with van der Waals surface area (Å²) in [4.78, 5) is 13.3. The molecule has 2 aromatic rings. The number of hydrogen-bond donors (Lipinski definition) is 2. The summed E-state index contributed by atoms with van der Waals surface area (Å²) < 4.78 is 41.6. The molecule has 8 heteroatoms. The molecule has 3 rings (SSSR count). The van der Waals surface area contributed by atoms with Crippen LogP contribution in [0.4, 0.5) is 10.1 Å². The van der Waals surface area contributed by atoms with Crippen LogP contribution in [0.1, 0.15) is 25.3 Å². The summed E-state index contributed by atoms with van der Waals surface area (Å²) >= 11 is 0. The van der Waals surface area contributed by atoms with Gasteiger partial charge in [-0.3, -0.25) is 9.69 Å². The standard InChI is InChI=1S/C21H26FN3O3S/c1-16(26)24-21-8-7-19(13-20(21)22)29(27,28)23-14-17-9-11-25(12-10-17)15-18-5-3-2-4-6-18/h2-8,13,17,23H,9-12,14-15H2,1H3,(H,24,26). The molecule has 1 aliphatic heterocycles. The van der Waals surface area contributed by atoms with Gasteiger partial charge in [0, 0.05) is 20.0 Å². The Labute approximate surface area is 171 Å². The number of amides is 1. The number of nitrogens with one attached hydrogen (secondary N) is 2. The van der Waals surface area contributed by atoms with Crippen molar-refractivity contribution in [3.8, 4) is 0 Å². The Kier molecular flexibility index (Phi) is 7.00. The number of benzene rings is 2. The zero-order chi connectivity index (χ0) is 20.9. The molecule has 156 valence electrons. The van der Waals surface area contributed by atoms with Crippen molar-refractivity contribution in [2.45, 2.75) is 31.2 Å². The van der Waals surface area contributed by atoms with E-state index in [4.69, 9.17) is 0 Å². The van der Waals surface area contributed by atoms with Gasteiger partial charge < -0.3 is 5.32 Å². The number of hydrogen-bond acceptors (Lipinski definition) is 4. The Morgan fingerprint density at radius 1 is 1.14 bits per heavy atom. The first kappa shape index (κ1) is 21.4. The van der Waals surface area contributed by atoms with Crippen LogP contribution < -0.4 is 10.0 Å². The van der Waals surface area contributed by atoms with Crippen LogP contribution in [0.25, 0.3) is 0 Å². The number of likely N-dealkylation sites (tertiary alicyclic amines) is 1. The molecular formula is C21H26FN3O3S. The second kappa shape index (κ2) is 9.47. The smallest absolute Gasteiger partial charge is 0.240 e.